The summed E-state index contributed by atoms with van der Waals surface area (Å²) >= 11 is 1.79. The van der Waals surface area contributed by atoms with Crippen LogP contribution >= 0.6 is 11.3 Å². The maximum absolute atomic E-state index is 6.07. The molecule has 2 heterocycles. The highest BCUT2D eigenvalue weighted by atomic mass is 32.1. The number of rotatable bonds is 9. The Hall–Kier alpha value is -2.09. The number of nitrogens with zero attached hydrogens (tertiary/aromatic N) is 2. The predicted octanol–water partition coefficient (Wildman–Crippen LogP) is 2.93. The molecule has 1 saturated heterocycles. The molecule has 0 radical (unpaired) electrons. The molecule has 29 heavy (non-hydrogen) atoms. The summed E-state index contributed by atoms with van der Waals surface area (Å²) in [5, 5.41) is 8.94. The third-order valence-corrected chi connectivity index (χ3v) is 6.12. The quantitative estimate of drug-likeness (QED) is 0.486. The molecule has 158 valence electrons. The molecule has 0 bridgehead atoms. The first kappa shape index (κ1) is 21.6. The molecule has 1 aromatic heterocycles. The van der Waals surface area contributed by atoms with Gasteiger partial charge in [-0.25, -0.2) is 0 Å². The van der Waals surface area contributed by atoms with Crippen molar-refractivity contribution in [3.8, 4) is 5.75 Å². The van der Waals surface area contributed by atoms with Gasteiger partial charge in [0, 0.05) is 56.1 Å². The van der Waals surface area contributed by atoms with E-state index < -0.39 is 0 Å². The Morgan fingerprint density at radius 2 is 2.03 bits per heavy atom. The van der Waals surface area contributed by atoms with Gasteiger partial charge in [0.05, 0.1) is 13.2 Å². The van der Waals surface area contributed by atoms with E-state index in [4.69, 9.17) is 9.47 Å². The van der Waals surface area contributed by atoms with Crippen LogP contribution in [0.4, 0.5) is 0 Å². The van der Waals surface area contributed by atoms with Crippen LogP contribution in [0.3, 0.4) is 0 Å². The largest absolute Gasteiger partial charge is 0.492 e. The Balaban J connectivity index is 1.45. The average Bonchev–Trinajstić information content (AvgIpc) is 3.30. The Morgan fingerprint density at radius 3 is 2.79 bits per heavy atom. The molecule has 1 unspecified atom stereocenters. The number of hydrogen-bond acceptors (Lipinski definition) is 5. The zero-order valence-corrected chi connectivity index (χ0v) is 18.2. The molecule has 1 aromatic carbocycles. The molecular weight excluding hydrogens is 384 g/mol. The average molecular weight is 417 g/mol. The summed E-state index contributed by atoms with van der Waals surface area (Å²) in [5.74, 6) is 2.18. The fraction of sp³-hybridized carbons (Fsp3) is 0.500. The highest BCUT2D eigenvalue weighted by molar-refractivity contribution is 7.10. The van der Waals surface area contributed by atoms with Crippen LogP contribution in [0, 0.1) is 0 Å². The van der Waals surface area contributed by atoms with E-state index in [-0.39, 0.29) is 0 Å². The predicted molar refractivity (Wildman–Crippen MR) is 120 cm³/mol. The van der Waals surface area contributed by atoms with Gasteiger partial charge >= 0.3 is 0 Å². The highest BCUT2D eigenvalue weighted by Gasteiger charge is 2.11. The Morgan fingerprint density at radius 1 is 1.21 bits per heavy atom. The molecule has 0 spiro atoms. The van der Waals surface area contributed by atoms with E-state index in [1.807, 2.05) is 18.2 Å². The SMILES string of the molecule is CN=C(NCc1ccccc1OCCN1CCOCC1)NCC(C)c1cccs1. The summed E-state index contributed by atoms with van der Waals surface area (Å²) < 4.78 is 11.5. The smallest absolute Gasteiger partial charge is 0.191 e. The number of thiophene rings is 1. The highest BCUT2D eigenvalue weighted by Crippen LogP contribution is 2.20. The number of guanidine groups is 1. The van der Waals surface area contributed by atoms with Gasteiger partial charge in [-0.3, -0.25) is 9.89 Å². The van der Waals surface area contributed by atoms with E-state index in [1.165, 1.54) is 4.88 Å². The summed E-state index contributed by atoms with van der Waals surface area (Å²) in [4.78, 5) is 8.11. The maximum atomic E-state index is 6.07. The number of hydrogen-bond donors (Lipinski definition) is 2. The van der Waals surface area contributed by atoms with Gasteiger partial charge in [-0.15, -0.1) is 11.3 Å². The van der Waals surface area contributed by atoms with Crippen molar-refractivity contribution in [2.75, 3.05) is 53.0 Å². The molecule has 0 aliphatic carbocycles. The second-order valence-electron chi connectivity index (χ2n) is 7.13. The molecule has 2 aromatic rings. The monoisotopic (exact) mass is 416 g/mol. The molecule has 1 atom stereocenters. The molecule has 2 N–H and O–H groups in total. The van der Waals surface area contributed by atoms with Crippen LogP contribution in [0.25, 0.3) is 0 Å². The molecule has 7 heteroatoms. The van der Waals surface area contributed by atoms with Crippen LogP contribution < -0.4 is 15.4 Å². The van der Waals surface area contributed by atoms with Crippen LogP contribution in [-0.2, 0) is 11.3 Å². The minimum absolute atomic E-state index is 0.448. The van der Waals surface area contributed by atoms with Crippen LogP contribution in [0.5, 0.6) is 5.75 Å². The van der Waals surface area contributed by atoms with E-state index >= 15 is 0 Å². The van der Waals surface area contributed by atoms with Crippen molar-refractivity contribution < 1.29 is 9.47 Å². The number of ether oxygens (including phenoxy) is 2. The zero-order chi connectivity index (χ0) is 20.3. The summed E-state index contributed by atoms with van der Waals surface area (Å²) in [7, 11) is 1.80. The van der Waals surface area contributed by atoms with Gasteiger partial charge in [-0.05, 0) is 17.5 Å². The summed E-state index contributed by atoms with van der Waals surface area (Å²) in [6.07, 6.45) is 0. The van der Waals surface area contributed by atoms with Crippen molar-refractivity contribution in [2.45, 2.75) is 19.4 Å². The third kappa shape index (κ3) is 7.03. The topological polar surface area (TPSA) is 58.1 Å². The molecule has 0 saturated carbocycles. The zero-order valence-electron chi connectivity index (χ0n) is 17.4. The van der Waals surface area contributed by atoms with Crippen LogP contribution in [0.15, 0.2) is 46.8 Å². The van der Waals surface area contributed by atoms with Crippen LogP contribution in [0.2, 0.25) is 0 Å². The van der Waals surface area contributed by atoms with Gasteiger partial charge in [-0.2, -0.15) is 0 Å². The molecule has 0 amide bonds. The van der Waals surface area contributed by atoms with Crippen molar-refractivity contribution in [1.82, 2.24) is 15.5 Å². The second kappa shape index (κ2) is 11.8. The fourth-order valence-corrected chi connectivity index (χ4v) is 4.01. The number of benzene rings is 1. The number of para-hydroxylation sites is 1. The van der Waals surface area contributed by atoms with Gasteiger partial charge in [-0.1, -0.05) is 31.2 Å². The van der Waals surface area contributed by atoms with Crippen molar-refractivity contribution >= 4 is 17.3 Å². The van der Waals surface area contributed by atoms with Crippen LogP contribution in [0.1, 0.15) is 23.3 Å². The lowest BCUT2D eigenvalue weighted by atomic mass is 10.1. The molecule has 6 nitrogen and oxygen atoms in total. The van der Waals surface area contributed by atoms with Gasteiger partial charge in [0.15, 0.2) is 5.96 Å². The van der Waals surface area contributed by atoms with Crippen molar-refractivity contribution in [2.24, 2.45) is 4.99 Å². The number of nitrogens with one attached hydrogen (secondary N) is 2. The first-order valence-electron chi connectivity index (χ1n) is 10.2. The Bertz CT molecular complexity index is 745. The van der Waals surface area contributed by atoms with Crippen molar-refractivity contribution in [3.05, 3.63) is 52.2 Å². The van der Waals surface area contributed by atoms with E-state index in [2.05, 4.69) is 51.0 Å². The lowest BCUT2D eigenvalue weighted by Crippen LogP contribution is -2.39. The first-order chi connectivity index (χ1) is 14.3. The lowest BCUT2D eigenvalue weighted by Gasteiger charge is -2.26. The van der Waals surface area contributed by atoms with E-state index in [0.717, 1.165) is 56.7 Å². The third-order valence-electron chi connectivity index (χ3n) is 5.02. The first-order valence-corrected chi connectivity index (χ1v) is 11.1. The molecule has 1 fully saturated rings. The van der Waals surface area contributed by atoms with Crippen molar-refractivity contribution in [1.29, 1.82) is 0 Å². The summed E-state index contributed by atoms with van der Waals surface area (Å²) in [5.41, 5.74) is 1.13. The minimum Gasteiger partial charge on any atom is -0.492 e. The van der Waals surface area contributed by atoms with E-state index in [9.17, 15) is 0 Å². The molecule has 1 aliphatic heterocycles. The molecule has 1 aliphatic rings. The Kier molecular flexibility index (Phi) is 8.80. The summed E-state index contributed by atoms with van der Waals surface area (Å²) in [6, 6.07) is 12.5. The standard InChI is InChI=1S/C22H32N4O2S/c1-18(21-8-5-15-29-21)16-24-22(23-2)25-17-19-6-3-4-7-20(19)28-14-11-26-9-12-27-13-10-26/h3-8,15,18H,9-14,16-17H2,1-2H3,(H2,23,24,25). The number of morpholine rings is 1. The summed E-state index contributed by atoms with van der Waals surface area (Å²) in [6.45, 7) is 8.95. The van der Waals surface area contributed by atoms with E-state index in [1.54, 1.807) is 18.4 Å². The molecule has 3 rings (SSSR count). The van der Waals surface area contributed by atoms with E-state index in [0.29, 0.717) is 19.1 Å². The lowest BCUT2D eigenvalue weighted by molar-refractivity contribution is 0.0322. The van der Waals surface area contributed by atoms with Gasteiger partial charge < -0.3 is 20.1 Å². The van der Waals surface area contributed by atoms with Gasteiger partial charge in [0.25, 0.3) is 0 Å². The number of aliphatic imine (C=N–C) groups is 1. The normalized spacial score (nSPS) is 16.4. The molecular formula is C22H32N4O2S. The van der Waals surface area contributed by atoms with Crippen LogP contribution in [-0.4, -0.2) is 63.9 Å². The fourth-order valence-electron chi connectivity index (χ4n) is 3.22. The minimum atomic E-state index is 0.448. The second-order valence-corrected chi connectivity index (χ2v) is 8.11. The maximum Gasteiger partial charge on any atom is 0.191 e. The Labute approximate surface area is 177 Å². The van der Waals surface area contributed by atoms with Gasteiger partial charge in [0.2, 0.25) is 0 Å². The van der Waals surface area contributed by atoms with Crippen molar-refractivity contribution in [3.63, 3.8) is 0 Å². The van der Waals surface area contributed by atoms with Gasteiger partial charge in [0.1, 0.15) is 12.4 Å².